The van der Waals surface area contributed by atoms with E-state index in [4.69, 9.17) is 11.6 Å². The van der Waals surface area contributed by atoms with Crippen LogP contribution in [-0.2, 0) is 0 Å². The lowest BCUT2D eigenvalue weighted by Crippen LogP contribution is -2.42. The topological polar surface area (TPSA) is 94.8 Å². The Morgan fingerprint density at radius 1 is 1.26 bits per heavy atom. The van der Waals surface area contributed by atoms with Gasteiger partial charge in [0.25, 0.3) is 0 Å². The van der Waals surface area contributed by atoms with Crippen molar-refractivity contribution >= 4 is 29.5 Å². The zero-order valence-electron chi connectivity index (χ0n) is 17.0. The molecule has 2 amide bonds. The van der Waals surface area contributed by atoms with Gasteiger partial charge in [0.1, 0.15) is 5.92 Å². The van der Waals surface area contributed by atoms with Crippen molar-refractivity contribution in [2.24, 2.45) is 10.9 Å². The monoisotopic (exact) mass is 501 g/mol. The summed E-state index contributed by atoms with van der Waals surface area (Å²) in [5.74, 6) is -3.94. The number of carbonyl (C=O) groups is 1. The maximum absolute atomic E-state index is 14.2. The molecule has 0 saturated carbocycles. The number of urea groups is 1. The van der Waals surface area contributed by atoms with Crippen LogP contribution in [0.3, 0.4) is 0 Å². The van der Waals surface area contributed by atoms with Crippen molar-refractivity contribution in [3.05, 3.63) is 52.7 Å². The molecule has 2 atom stereocenters. The predicted molar refractivity (Wildman–Crippen MR) is 108 cm³/mol. The summed E-state index contributed by atoms with van der Waals surface area (Å²) in [6, 6.07) is 0.380. The number of hydrazine groups is 1. The van der Waals surface area contributed by atoms with Gasteiger partial charge in [0.15, 0.2) is 17.5 Å². The van der Waals surface area contributed by atoms with E-state index in [2.05, 4.69) is 25.5 Å². The third-order valence-electron chi connectivity index (χ3n) is 5.37. The van der Waals surface area contributed by atoms with Gasteiger partial charge in [0.2, 0.25) is 6.30 Å². The minimum Gasteiger partial charge on any atom is -0.306 e. The normalized spacial score (nSPS) is 22.6. The van der Waals surface area contributed by atoms with Crippen LogP contribution in [0.2, 0.25) is 5.02 Å². The average molecular weight is 502 g/mol. The van der Waals surface area contributed by atoms with Crippen LogP contribution in [-0.4, -0.2) is 73.2 Å². The quantitative estimate of drug-likeness (QED) is 0.501. The van der Waals surface area contributed by atoms with Crippen LogP contribution in [0.5, 0.6) is 0 Å². The molecule has 178 valence electrons. The van der Waals surface area contributed by atoms with Crippen molar-refractivity contribution in [3.63, 3.8) is 0 Å². The number of rotatable bonds is 2. The summed E-state index contributed by atoms with van der Waals surface area (Å²) in [6.07, 6.45) is -2.15. The van der Waals surface area contributed by atoms with E-state index in [1.165, 1.54) is 24.7 Å². The molecule has 0 radical (unpaired) electrons. The van der Waals surface area contributed by atoms with Gasteiger partial charge in [-0.1, -0.05) is 11.6 Å². The molecular weight excluding hydrogens is 489 g/mol. The van der Waals surface area contributed by atoms with Gasteiger partial charge in [-0.2, -0.15) is 28.4 Å². The van der Waals surface area contributed by atoms with E-state index in [-0.39, 0.29) is 22.2 Å². The highest BCUT2D eigenvalue weighted by Crippen LogP contribution is 2.47. The Morgan fingerprint density at radius 3 is 2.62 bits per heavy atom. The van der Waals surface area contributed by atoms with Crippen LogP contribution in [0, 0.1) is 5.92 Å². The number of nitrogens with one attached hydrogen (secondary N) is 1. The van der Waals surface area contributed by atoms with E-state index >= 15 is 0 Å². The van der Waals surface area contributed by atoms with E-state index in [9.17, 15) is 26.7 Å². The summed E-state index contributed by atoms with van der Waals surface area (Å²) < 4.78 is 70.0. The highest BCUT2D eigenvalue weighted by molar-refractivity contribution is 6.32. The second-order valence-corrected chi connectivity index (χ2v) is 7.81. The van der Waals surface area contributed by atoms with E-state index in [0.717, 1.165) is 23.0 Å². The van der Waals surface area contributed by atoms with E-state index in [1.54, 1.807) is 0 Å². The minimum absolute atomic E-state index is 0.0701. The molecule has 0 bridgehead atoms. The Kier molecular flexibility index (Phi) is 5.05. The summed E-state index contributed by atoms with van der Waals surface area (Å²) in [7, 11) is 1.09. The third kappa shape index (κ3) is 3.38. The molecule has 2 aromatic rings. The number of hydrogen-bond donors (Lipinski definition) is 1. The molecule has 3 aliphatic rings. The molecule has 16 heteroatoms. The maximum atomic E-state index is 14.2. The first kappa shape index (κ1) is 22.2. The second kappa shape index (κ2) is 7.73. The Morgan fingerprint density at radius 2 is 1.97 bits per heavy atom. The number of nitrogens with zero attached hydrogens (tertiary/aromatic N) is 8. The Hall–Kier alpha value is -3.59. The van der Waals surface area contributed by atoms with Gasteiger partial charge < -0.3 is 5.32 Å². The van der Waals surface area contributed by atoms with Gasteiger partial charge in [0, 0.05) is 13.6 Å². The number of allylic oxidation sites excluding steroid dienone is 1. The number of pyridine rings is 1. The average Bonchev–Trinajstić information content (AvgIpc) is 3.48. The number of likely N-dealkylation sites (N-methyl/N-ethyl adjacent to an activating group) is 1. The van der Waals surface area contributed by atoms with Crippen LogP contribution in [0.15, 0.2) is 52.7 Å². The number of alkyl halides is 4. The third-order valence-corrected chi connectivity index (χ3v) is 5.65. The highest BCUT2D eigenvalue weighted by atomic mass is 35.5. The molecule has 2 unspecified atom stereocenters. The first-order chi connectivity index (χ1) is 16.1. The molecule has 3 aliphatic heterocycles. The smallest absolute Gasteiger partial charge is 0.306 e. The number of aromatic nitrogens is 4. The Balaban J connectivity index is 1.46. The SMILES string of the molecule is CN1C(F)C(F)=C2N=CC3=C(C(C(F)(F)F)CN3C(=O)Nc3cnc(-n4nccn4)c(Cl)c3)N21. The first-order valence-electron chi connectivity index (χ1n) is 9.60. The molecule has 0 aliphatic carbocycles. The van der Waals surface area contributed by atoms with E-state index < -0.39 is 48.3 Å². The van der Waals surface area contributed by atoms with Gasteiger partial charge in [-0.05, 0) is 6.07 Å². The largest absolute Gasteiger partial charge is 0.399 e. The van der Waals surface area contributed by atoms with Gasteiger partial charge in [-0.15, -0.1) is 4.80 Å². The van der Waals surface area contributed by atoms with Crippen molar-refractivity contribution in [2.75, 3.05) is 18.9 Å². The number of anilines is 1. The number of carbonyl (C=O) groups excluding carboxylic acids is 1. The zero-order chi connectivity index (χ0) is 24.4. The summed E-state index contributed by atoms with van der Waals surface area (Å²) >= 11 is 6.17. The van der Waals surface area contributed by atoms with Gasteiger partial charge in [-0.3, -0.25) is 9.91 Å². The Bertz CT molecular complexity index is 1260. The lowest BCUT2D eigenvalue weighted by molar-refractivity contribution is -0.171. The molecular formula is C18H13ClF5N9O. The zero-order valence-corrected chi connectivity index (χ0v) is 17.8. The maximum Gasteiger partial charge on any atom is 0.399 e. The molecule has 0 fully saturated rings. The lowest BCUT2D eigenvalue weighted by atomic mass is 10.1. The van der Waals surface area contributed by atoms with Gasteiger partial charge in [-0.25, -0.2) is 23.6 Å². The molecule has 1 N–H and O–H groups in total. The lowest BCUT2D eigenvalue weighted by Gasteiger charge is -2.33. The van der Waals surface area contributed by atoms with Crippen LogP contribution in [0.25, 0.3) is 5.82 Å². The minimum atomic E-state index is -4.80. The molecule has 2 aromatic heterocycles. The Labute approximate surface area is 192 Å². The standard InChI is InChI=1S/C18H13ClF5N9O/c1-30-14(21)12(20)16-26-6-11-13(32(16)30)9(18(22,23)24)7-31(11)17(34)29-8-4-10(19)15(25-5-8)33-27-2-3-28-33/h2-6,9,14H,7H2,1H3,(H,29,34). The highest BCUT2D eigenvalue weighted by Gasteiger charge is 2.56. The van der Waals surface area contributed by atoms with Gasteiger partial charge >= 0.3 is 12.2 Å². The van der Waals surface area contributed by atoms with Crippen molar-refractivity contribution < 1.29 is 26.7 Å². The van der Waals surface area contributed by atoms with Crippen molar-refractivity contribution in [1.29, 1.82) is 0 Å². The summed E-state index contributed by atoms with van der Waals surface area (Å²) in [5, 5.41) is 11.6. The van der Waals surface area contributed by atoms with E-state index in [1.807, 2.05) is 0 Å². The van der Waals surface area contributed by atoms with Crippen LogP contribution in [0.1, 0.15) is 0 Å². The molecule has 0 aromatic carbocycles. The van der Waals surface area contributed by atoms with Crippen LogP contribution in [0.4, 0.5) is 32.4 Å². The van der Waals surface area contributed by atoms with Crippen molar-refractivity contribution in [3.8, 4) is 5.82 Å². The van der Waals surface area contributed by atoms with Crippen molar-refractivity contribution in [2.45, 2.75) is 12.5 Å². The van der Waals surface area contributed by atoms with E-state index in [0.29, 0.717) is 10.0 Å². The van der Waals surface area contributed by atoms with Crippen LogP contribution >= 0.6 is 11.6 Å². The first-order valence-corrected chi connectivity index (χ1v) is 9.98. The summed E-state index contributed by atoms with van der Waals surface area (Å²) in [6.45, 7) is -0.821. The number of hydrogen-bond acceptors (Lipinski definition) is 7. The predicted octanol–water partition coefficient (Wildman–Crippen LogP) is 3.23. The molecule has 0 saturated heterocycles. The van der Waals surface area contributed by atoms with Gasteiger partial charge in [0.05, 0.1) is 46.9 Å². The fourth-order valence-corrected chi connectivity index (χ4v) is 4.08. The summed E-state index contributed by atoms with van der Waals surface area (Å²) in [5.41, 5.74) is -0.652. The fourth-order valence-electron chi connectivity index (χ4n) is 3.83. The number of halogens is 6. The molecule has 0 spiro atoms. The summed E-state index contributed by atoms with van der Waals surface area (Å²) in [4.78, 5) is 22.7. The molecule has 34 heavy (non-hydrogen) atoms. The number of amides is 2. The second-order valence-electron chi connectivity index (χ2n) is 7.40. The number of fused-ring (bicyclic) bond motifs is 2. The fraction of sp³-hybridized carbons (Fsp3) is 0.278. The molecule has 10 nitrogen and oxygen atoms in total. The van der Waals surface area contributed by atoms with Crippen molar-refractivity contribution in [1.82, 2.24) is 34.9 Å². The number of aliphatic imine (C=N–C) groups is 1. The molecule has 5 rings (SSSR count). The van der Waals surface area contributed by atoms with Crippen LogP contribution < -0.4 is 5.32 Å². The molecule has 5 heterocycles.